The van der Waals surface area contributed by atoms with Gasteiger partial charge < -0.3 is 0 Å². The molecule has 2 bridgehead atoms. The summed E-state index contributed by atoms with van der Waals surface area (Å²) in [6.45, 7) is 0. The predicted octanol–water partition coefficient (Wildman–Crippen LogP) is 3.40. The molecule has 88 valence electrons. The highest BCUT2D eigenvalue weighted by atomic mass is 79.9. The Morgan fingerprint density at radius 3 is 2.65 bits per heavy atom. The van der Waals surface area contributed by atoms with Crippen molar-refractivity contribution in [2.24, 2.45) is 10.9 Å². The summed E-state index contributed by atoms with van der Waals surface area (Å²) in [6, 6.07) is 0. The molecule has 3 rings (SSSR count). The van der Waals surface area contributed by atoms with Crippen LogP contribution in [-0.4, -0.2) is 12.5 Å². The summed E-state index contributed by atoms with van der Waals surface area (Å²) in [4.78, 5) is 4.76. The summed E-state index contributed by atoms with van der Waals surface area (Å²) in [6.07, 6.45) is 4.83. The average Bonchev–Trinajstić information content (AvgIpc) is 2.51. The van der Waals surface area contributed by atoms with Gasteiger partial charge in [0.25, 0.3) is 0 Å². The van der Waals surface area contributed by atoms with E-state index in [4.69, 9.17) is 4.99 Å². The number of halogens is 3. The smallest absolute Gasteiger partial charge is 0.141 e. The Kier molecular flexibility index (Phi) is 3.29. The van der Waals surface area contributed by atoms with Crippen LogP contribution in [0.1, 0.15) is 24.0 Å². The molecule has 0 aromatic heterocycles. The van der Waals surface area contributed by atoms with E-state index in [1.54, 1.807) is 0 Å². The first-order valence-electron chi connectivity index (χ1n) is 5.83. The molecule has 1 atom stereocenters. The van der Waals surface area contributed by atoms with Crippen molar-refractivity contribution in [1.82, 2.24) is 0 Å². The van der Waals surface area contributed by atoms with Crippen molar-refractivity contribution in [3.8, 4) is 0 Å². The fourth-order valence-corrected chi connectivity index (χ4v) is 4.47. The Morgan fingerprint density at radius 1 is 1.12 bits per heavy atom. The number of aliphatic imine (C=N–C) groups is 1. The second-order valence-corrected chi connectivity index (χ2v) is 7.18. The van der Waals surface area contributed by atoms with Crippen molar-refractivity contribution < 1.29 is 0 Å². The van der Waals surface area contributed by atoms with Crippen LogP contribution in [0, 0.1) is 5.92 Å². The van der Waals surface area contributed by atoms with Crippen LogP contribution in [-0.2, 0) is 12.8 Å². The number of benzene rings is 1. The molecule has 0 N–H and O–H groups in total. The van der Waals surface area contributed by atoms with Crippen LogP contribution >= 0.6 is 47.8 Å². The highest BCUT2D eigenvalue weighted by molar-refractivity contribution is 9.18. The molecule has 0 fully saturated rings. The van der Waals surface area contributed by atoms with Gasteiger partial charge in [0.2, 0.25) is 0 Å². The van der Waals surface area contributed by atoms with Gasteiger partial charge in [-0.15, -0.1) is 0 Å². The molecular formula is C12H11BBr3N. The molecule has 1 aliphatic carbocycles. The molecule has 2 aliphatic rings. The maximum absolute atomic E-state index is 4.76. The Labute approximate surface area is 127 Å². The van der Waals surface area contributed by atoms with Crippen LogP contribution in [0.5, 0.6) is 0 Å². The first kappa shape index (κ1) is 12.4. The zero-order valence-electron chi connectivity index (χ0n) is 9.49. The summed E-state index contributed by atoms with van der Waals surface area (Å²) in [5, 5.41) is 0. The van der Waals surface area contributed by atoms with E-state index >= 15 is 0 Å². The maximum atomic E-state index is 4.76. The molecular weight excluding hydrogens is 409 g/mol. The van der Waals surface area contributed by atoms with E-state index in [1.807, 2.05) is 0 Å². The molecule has 1 nitrogen and oxygen atoms in total. The Morgan fingerprint density at radius 2 is 1.88 bits per heavy atom. The van der Waals surface area contributed by atoms with Gasteiger partial charge in [-0.1, -0.05) is 21.4 Å². The van der Waals surface area contributed by atoms with E-state index < -0.39 is 0 Å². The summed E-state index contributed by atoms with van der Waals surface area (Å²) in [5.41, 5.74) is 5.48. The Hall–Kier alpha value is 0.395. The Bertz CT molecular complexity index is 539. The Balaban J connectivity index is 2.35. The van der Waals surface area contributed by atoms with Crippen molar-refractivity contribution >= 4 is 71.4 Å². The van der Waals surface area contributed by atoms with Crippen LogP contribution in [0.25, 0.3) is 0 Å². The van der Waals surface area contributed by atoms with Gasteiger partial charge in [-0.25, -0.2) is 4.99 Å². The van der Waals surface area contributed by atoms with E-state index in [2.05, 4.69) is 55.6 Å². The van der Waals surface area contributed by atoms with E-state index in [1.165, 1.54) is 35.9 Å². The number of rotatable bonds is 0. The molecule has 5 heteroatoms. The van der Waals surface area contributed by atoms with Crippen molar-refractivity contribution in [1.29, 1.82) is 0 Å². The second-order valence-electron chi connectivity index (χ2n) is 4.79. The van der Waals surface area contributed by atoms with Gasteiger partial charge in [0.1, 0.15) is 7.85 Å². The number of hydrogen-bond acceptors (Lipinski definition) is 1. The highest BCUT2D eigenvalue weighted by Gasteiger charge is 2.29. The number of fused-ring (bicyclic) bond motifs is 1. The summed E-state index contributed by atoms with van der Waals surface area (Å²) in [5.74, 6) is 0.594. The topological polar surface area (TPSA) is 12.4 Å². The average molecular weight is 420 g/mol. The third kappa shape index (κ3) is 1.89. The van der Waals surface area contributed by atoms with Gasteiger partial charge in [0.15, 0.2) is 0 Å². The van der Waals surface area contributed by atoms with Crippen LogP contribution in [0.15, 0.2) is 13.9 Å². The van der Waals surface area contributed by atoms with Gasteiger partial charge in [0.05, 0.1) is 14.8 Å². The second kappa shape index (κ2) is 4.50. The van der Waals surface area contributed by atoms with Crippen LogP contribution in [0.3, 0.4) is 0 Å². The number of nitrogens with zero attached hydrogens (tertiary/aromatic N) is 1. The first-order chi connectivity index (χ1) is 8.09. The molecule has 1 heterocycles. The minimum absolute atomic E-state index is 0.594. The molecule has 1 aliphatic heterocycles. The van der Waals surface area contributed by atoms with Crippen molar-refractivity contribution in [2.45, 2.75) is 25.7 Å². The SMILES string of the molecule is Bc1c(Br)c(Br)c2c3c1CCCC(C3)C(Br)=N2. The lowest BCUT2D eigenvalue weighted by atomic mass is 9.83. The normalized spacial score (nSPS) is 22.1. The van der Waals surface area contributed by atoms with Crippen LogP contribution in [0.2, 0.25) is 0 Å². The molecule has 1 aromatic carbocycles. The molecule has 0 spiro atoms. The minimum atomic E-state index is 0.594. The third-order valence-corrected chi connectivity index (χ3v) is 6.94. The molecule has 0 radical (unpaired) electrons. The lowest BCUT2D eigenvalue weighted by Gasteiger charge is -2.23. The van der Waals surface area contributed by atoms with Crippen molar-refractivity contribution in [2.75, 3.05) is 0 Å². The maximum Gasteiger partial charge on any atom is 0.141 e. The summed E-state index contributed by atoms with van der Waals surface area (Å²) >= 11 is 11.0. The van der Waals surface area contributed by atoms with Crippen molar-refractivity contribution in [3.05, 3.63) is 20.1 Å². The molecule has 0 saturated heterocycles. The van der Waals surface area contributed by atoms with Crippen LogP contribution < -0.4 is 5.46 Å². The molecule has 0 saturated carbocycles. The van der Waals surface area contributed by atoms with Gasteiger partial charge in [-0.3, -0.25) is 0 Å². The van der Waals surface area contributed by atoms with Gasteiger partial charge in [0, 0.05) is 10.4 Å². The fraction of sp³-hybridized carbons (Fsp3) is 0.417. The van der Waals surface area contributed by atoms with Crippen molar-refractivity contribution in [3.63, 3.8) is 0 Å². The lowest BCUT2D eigenvalue weighted by Crippen LogP contribution is -2.20. The van der Waals surface area contributed by atoms with E-state index in [-0.39, 0.29) is 0 Å². The molecule has 1 aromatic rings. The third-order valence-electron chi connectivity index (χ3n) is 3.82. The monoisotopic (exact) mass is 417 g/mol. The zero-order valence-corrected chi connectivity index (χ0v) is 14.2. The molecule has 17 heavy (non-hydrogen) atoms. The summed E-state index contributed by atoms with van der Waals surface area (Å²) < 4.78 is 3.39. The highest BCUT2D eigenvalue weighted by Crippen LogP contribution is 2.44. The minimum Gasteiger partial charge on any atom is -0.244 e. The zero-order chi connectivity index (χ0) is 12.2. The van der Waals surface area contributed by atoms with Gasteiger partial charge in [-0.2, -0.15) is 0 Å². The molecule has 0 amide bonds. The predicted molar refractivity (Wildman–Crippen MR) is 86.2 cm³/mol. The van der Waals surface area contributed by atoms with E-state index in [0.717, 1.165) is 25.7 Å². The fourth-order valence-electron chi connectivity index (χ4n) is 2.85. The quantitative estimate of drug-likeness (QED) is 0.572. The number of hydrogen-bond donors (Lipinski definition) is 0. The summed E-state index contributed by atoms with van der Waals surface area (Å²) in [7, 11) is 2.21. The first-order valence-corrected chi connectivity index (χ1v) is 8.21. The molecule has 1 unspecified atom stereocenters. The van der Waals surface area contributed by atoms with Gasteiger partial charge >= 0.3 is 0 Å². The van der Waals surface area contributed by atoms with Gasteiger partial charge in [-0.05, 0) is 68.7 Å². The van der Waals surface area contributed by atoms with E-state index in [9.17, 15) is 0 Å². The lowest BCUT2D eigenvalue weighted by molar-refractivity contribution is 0.615. The standard InChI is InChI=1S/C12H11BBr3N/c13-8-6-3-1-2-5-4-7(6)11(17-12(5)16)10(15)9(8)14/h5H,1-4,13H2. The largest absolute Gasteiger partial charge is 0.244 e. The van der Waals surface area contributed by atoms with Crippen LogP contribution in [0.4, 0.5) is 5.69 Å². The van der Waals surface area contributed by atoms with E-state index in [0.29, 0.717) is 5.92 Å².